The van der Waals surface area contributed by atoms with Crippen molar-refractivity contribution in [3.63, 3.8) is 0 Å². The van der Waals surface area contributed by atoms with Crippen LogP contribution in [0.15, 0.2) is 91.0 Å². The van der Waals surface area contributed by atoms with Gasteiger partial charge >= 0.3 is 6.09 Å². The molecule has 2 aliphatic heterocycles. The van der Waals surface area contributed by atoms with Gasteiger partial charge in [0, 0.05) is 16.5 Å². The van der Waals surface area contributed by atoms with E-state index >= 15 is 4.79 Å². The molecule has 5 amide bonds. The number of phenols is 1. The van der Waals surface area contributed by atoms with Crippen LogP contribution in [0.3, 0.4) is 0 Å². The minimum absolute atomic E-state index is 0.0283. The summed E-state index contributed by atoms with van der Waals surface area (Å²) in [5.41, 5.74) is 3.42. The molecule has 7 rings (SSSR count). The fourth-order valence-corrected chi connectivity index (χ4v) is 8.56. The highest BCUT2D eigenvalue weighted by Gasteiger charge is 2.71. The smallest absolute Gasteiger partial charge is 0.423 e. The number of rotatable bonds is 6. The number of hydrazine groups is 1. The maximum atomic E-state index is 15.2. The van der Waals surface area contributed by atoms with E-state index in [0.717, 1.165) is 12.1 Å². The molecule has 2 N–H and O–H groups in total. The Kier molecular flexibility index (Phi) is 7.90. The molecule has 49 heavy (non-hydrogen) atoms. The van der Waals surface area contributed by atoms with Gasteiger partial charge in [-0.05, 0) is 72.7 Å². The topological polar surface area (TPSA) is 133 Å². The van der Waals surface area contributed by atoms with Crippen molar-refractivity contribution >= 4 is 47.0 Å². The van der Waals surface area contributed by atoms with Gasteiger partial charge in [0.15, 0.2) is 0 Å². The summed E-state index contributed by atoms with van der Waals surface area (Å²) in [7, 11) is 1.08. The van der Waals surface area contributed by atoms with Crippen molar-refractivity contribution in [1.82, 2.24) is 9.91 Å². The van der Waals surface area contributed by atoms with Crippen LogP contribution in [0.2, 0.25) is 5.02 Å². The van der Waals surface area contributed by atoms with E-state index in [4.69, 9.17) is 16.3 Å². The van der Waals surface area contributed by atoms with Crippen LogP contribution >= 0.6 is 11.6 Å². The first-order valence-electron chi connectivity index (χ1n) is 15.8. The molecule has 12 heteroatoms. The van der Waals surface area contributed by atoms with Gasteiger partial charge in [-0.3, -0.25) is 24.6 Å². The Morgan fingerprint density at radius 3 is 2.43 bits per heavy atom. The minimum Gasteiger partial charge on any atom is -0.507 e. The number of nitrogens with zero attached hydrogens (tertiary/aromatic N) is 2. The molecule has 2 aliphatic carbocycles. The number of imide groups is 4. The van der Waals surface area contributed by atoms with Gasteiger partial charge in [-0.15, -0.1) is 6.58 Å². The van der Waals surface area contributed by atoms with E-state index < -0.39 is 70.5 Å². The average molecular weight is 684 g/mol. The molecule has 3 fully saturated rings. The van der Waals surface area contributed by atoms with Gasteiger partial charge in [0.2, 0.25) is 11.8 Å². The summed E-state index contributed by atoms with van der Waals surface area (Å²) < 4.78 is 18.6. The summed E-state index contributed by atoms with van der Waals surface area (Å²) in [6.45, 7) is 3.80. The molecule has 3 aromatic rings. The van der Waals surface area contributed by atoms with Crippen molar-refractivity contribution in [2.75, 3.05) is 12.5 Å². The molecule has 10 nitrogen and oxygen atoms in total. The first-order chi connectivity index (χ1) is 23.5. The number of amides is 5. The van der Waals surface area contributed by atoms with E-state index in [0.29, 0.717) is 38.6 Å². The molecule has 0 bridgehead atoms. The average Bonchev–Trinajstić information content (AvgIpc) is 3.47. The third-order valence-electron chi connectivity index (χ3n) is 10.4. The molecule has 0 radical (unpaired) electrons. The Morgan fingerprint density at radius 1 is 1.04 bits per heavy atom. The number of aromatic hydroxyl groups is 1. The molecular formula is C37H31ClFN3O7. The van der Waals surface area contributed by atoms with Gasteiger partial charge in [-0.2, -0.15) is 9.91 Å². The lowest BCUT2D eigenvalue weighted by Crippen LogP contribution is -2.53. The van der Waals surface area contributed by atoms with Gasteiger partial charge in [-0.1, -0.05) is 59.7 Å². The number of hydrogen-bond donors (Lipinski definition) is 2. The number of allylic oxidation sites excluding steroid dienone is 3. The molecule has 1 saturated carbocycles. The van der Waals surface area contributed by atoms with Crippen molar-refractivity contribution in [1.29, 1.82) is 0 Å². The summed E-state index contributed by atoms with van der Waals surface area (Å²) in [5.74, 6) is -8.05. The fourth-order valence-electron chi connectivity index (χ4n) is 8.44. The summed E-state index contributed by atoms with van der Waals surface area (Å²) in [5, 5.41) is 13.2. The van der Waals surface area contributed by atoms with E-state index in [2.05, 4.69) is 12.0 Å². The highest BCUT2D eigenvalue weighted by atomic mass is 35.5. The third kappa shape index (κ3) is 4.70. The summed E-state index contributed by atoms with van der Waals surface area (Å²) in [6.07, 6.45) is 2.71. The number of likely N-dealkylation sites (tertiary alicyclic amines) is 1. The Bertz CT molecular complexity index is 1960. The zero-order valence-electron chi connectivity index (χ0n) is 26.3. The number of carbonyl (C=O) groups excluding carboxylic acids is 5. The fraction of sp³-hybridized carbons (Fsp3) is 0.270. The van der Waals surface area contributed by atoms with E-state index in [9.17, 15) is 28.7 Å². The first-order valence-corrected chi connectivity index (χ1v) is 16.2. The van der Waals surface area contributed by atoms with Crippen molar-refractivity contribution in [2.24, 2.45) is 23.7 Å². The Labute approximate surface area is 285 Å². The number of anilines is 1. The lowest BCUT2D eigenvalue weighted by atomic mass is 9.49. The van der Waals surface area contributed by atoms with E-state index in [-0.39, 0.29) is 24.3 Å². The monoisotopic (exact) mass is 683 g/mol. The molecule has 4 aliphatic rings. The second-order valence-electron chi connectivity index (χ2n) is 12.7. The standard InChI is InChI=1S/C37H31ClFN3O7/c1-3-5-19-6-4-7-26(31(19)43)30-24-16-17-25-29(34(46)41(32(25)44)36(48)49-2)27(24)18-28-33(45)42(40-23-14-12-22(39)13-15-23)35(47)37(28,30)20-8-10-21(38)11-9-20/h3-4,6-16,25,27-30,40,43H,1,5,17-18H2,2H3/t25-,27+,28-,29-,30+,37+/m0/s1. The van der Waals surface area contributed by atoms with Crippen molar-refractivity contribution in [3.05, 3.63) is 119 Å². The first kappa shape index (κ1) is 32.3. The summed E-state index contributed by atoms with van der Waals surface area (Å²) in [4.78, 5) is 70.3. The van der Waals surface area contributed by atoms with E-state index in [1.165, 1.54) is 24.3 Å². The van der Waals surface area contributed by atoms with E-state index in [1.54, 1.807) is 48.5 Å². The summed E-state index contributed by atoms with van der Waals surface area (Å²) in [6, 6.07) is 16.9. The molecule has 250 valence electrons. The summed E-state index contributed by atoms with van der Waals surface area (Å²) >= 11 is 6.31. The number of fused-ring (bicyclic) bond motifs is 4. The second kappa shape index (κ2) is 12.0. The number of nitrogens with one attached hydrogen (secondary N) is 1. The van der Waals surface area contributed by atoms with Gasteiger partial charge < -0.3 is 9.84 Å². The van der Waals surface area contributed by atoms with Crippen LogP contribution in [0, 0.1) is 29.5 Å². The number of methoxy groups -OCH3 is 1. The Hall–Kier alpha value is -5.29. The third-order valence-corrected chi connectivity index (χ3v) is 10.7. The van der Waals surface area contributed by atoms with Crippen LogP contribution in [-0.4, -0.2) is 51.8 Å². The molecule has 2 heterocycles. The lowest BCUT2D eigenvalue weighted by Gasteiger charge is -2.50. The molecule has 6 atom stereocenters. The second-order valence-corrected chi connectivity index (χ2v) is 13.1. The van der Waals surface area contributed by atoms with Crippen LogP contribution < -0.4 is 5.43 Å². The van der Waals surface area contributed by atoms with Crippen molar-refractivity contribution < 1.29 is 38.2 Å². The Balaban J connectivity index is 1.48. The number of para-hydroxylation sites is 1. The van der Waals surface area contributed by atoms with Gasteiger partial charge in [-0.25, -0.2) is 9.18 Å². The minimum atomic E-state index is -1.66. The highest BCUT2D eigenvalue weighted by Crippen LogP contribution is 2.65. The molecule has 0 spiro atoms. The molecule has 2 saturated heterocycles. The molecular weight excluding hydrogens is 653 g/mol. The van der Waals surface area contributed by atoms with Crippen molar-refractivity contribution in [2.45, 2.75) is 30.6 Å². The predicted molar refractivity (Wildman–Crippen MR) is 175 cm³/mol. The maximum Gasteiger partial charge on any atom is 0.423 e. The van der Waals surface area contributed by atoms with Crippen LogP contribution in [0.1, 0.15) is 35.4 Å². The zero-order chi connectivity index (χ0) is 34.8. The van der Waals surface area contributed by atoms with Crippen LogP contribution in [0.25, 0.3) is 0 Å². The van der Waals surface area contributed by atoms with Crippen LogP contribution in [0.4, 0.5) is 14.9 Å². The predicted octanol–water partition coefficient (Wildman–Crippen LogP) is 5.66. The van der Waals surface area contributed by atoms with Gasteiger partial charge in [0.1, 0.15) is 11.6 Å². The molecule has 3 aromatic carbocycles. The van der Waals surface area contributed by atoms with Crippen molar-refractivity contribution in [3.8, 4) is 5.75 Å². The number of halogens is 2. The SMILES string of the molecule is C=CCc1cccc([C@H]2C3=CC[C@@H]4C(=O)N(C(=O)OC)C(=O)[C@@H]4[C@@H]3C[C@H]3C(=O)N(Nc4ccc(F)cc4)C(=O)[C@@]23c2ccc(Cl)cc2)c1O. The Morgan fingerprint density at radius 2 is 1.76 bits per heavy atom. The lowest BCUT2D eigenvalue weighted by molar-refractivity contribution is -0.140. The highest BCUT2D eigenvalue weighted by molar-refractivity contribution is 6.30. The number of phenolic OH excluding ortho intramolecular Hbond substituents is 1. The van der Waals surface area contributed by atoms with Crippen LogP contribution in [0.5, 0.6) is 5.75 Å². The molecule has 0 unspecified atom stereocenters. The quantitative estimate of drug-likeness (QED) is 0.251. The van der Waals surface area contributed by atoms with Crippen LogP contribution in [-0.2, 0) is 35.8 Å². The number of benzene rings is 3. The van der Waals surface area contributed by atoms with Gasteiger partial charge in [0.25, 0.3) is 11.8 Å². The number of carbonyl (C=O) groups is 5. The van der Waals surface area contributed by atoms with Gasteiger partial charge in [0.05, 0.1) is 36.0 Å². The zero-order valence-corrected chi connectivity index (χ0v) is 27.0. The van der Waals surface area contributed by atoms with E-state index in [1.807, 2.05) is 6.08 Å². The number of ether oxygens (including phenoxy) is 1. The largest absolute Gasteiger partial charge is 0.507 e. The maximum absolute atomic E-state index is 15.2. The normalized spacial score (nSPS) is 27.3. The molecule has 0 aromatic heterocycles. The number of hydrogen-bond acceptors (Lipinski definition) is 8.